The molecule has 498 valence electrons. The molecule has 5 heterocycles. The van der Waals surface area contributed by atoms with Gasteiger partial charge in [0.15, 0.2) is 46.3 Å². The van der Waals surface area contributed by atoms with Gasteiger partial charge in [-0.15, -0.1) is 0 Å². The highest BCUT2D eigenvalue weighted by molar-refractivity contribution is 6.53. The van der Waals surface area contributed by atoms with Gasteiger partial charge in [0.1, 0.15) is 59.9 Å². The number of aromatic nitrogens is 8. The van der Waals surface area contributed by atoms with Crippen LogP contribution in [0.1, 0.15) is 151 Å². The van der Waals surface area contributed by atoms with Gasteiger partial charge in [-0.05, 0) is 104 Å². The molecule has 15 rings (SSSR count). The molecule has 8 bridgehead atoms. The summed E-state index contributed by atoms with van der Waals surface area (Å²) in [6.07, 6.45) is 16.6. The first kappa shape index (κ1) is 67.4. The molecule has 7 aromatic carbocycles. The summed E-state index contributed by atoms with van der Waals surface area (Å²) in [4.78, 5) is 38.3. The third-order valence-corrected chi connectivity index (χ3v) is 24.0. The number of nitrogens with one attached hydrogen (secondary N) is 2. The lowest BCUT2D eigenvalue weighted by Gasteiger charge is -2.24. The monoisotopic (exact) mass is 1530 g/mol. The van der Waals surface area contributed by atoms with Crippen LogP contribution < -0.4 is 18.9 Å². The third kappa shape index (κ3) is 12.2. The van der Waals surface area contributed by atoms with Gasteiger partial charge in [-0.1, -0.05) is 265 Å². The maximum absolute atomic E-state index is 7.81. The predicted octanol–water partition coefficient (Wildman–Crippen LogP) is 27.7. The molecule has 0 spiro atoms. The fourth-order valence-electron chi connectivity index (χ4n) is 14.4. The number of aromatic amines is 2. The molecule has 3 aliphatic carbocycles. The number of hydrogen-bond donors (Lipinski definition) is 2. The molecule has 2 N–H and O–H groups in total. The van der Waals surface area contributed by atoms with E-state index in [9.17, 15) is 0 Å². The summed E-state index contributed by atoms with van der Waals surface area (Å²) in [6, 6.07) is 23.6. The molecule has 0 saturated heterocycles. The average molecular weight is 1540 g/mol. The van der Waals surface area contributed by atoms with E-state index in [0.717, 1.165) is 113 Å². The first-order chi connectivity index (χ1) is 46.9. The maximum Gasteiger partial charge on any atom is 0.166 e. The van der Waals surface area contributed by atoms with Crippen molar-refractivity contribution in [2.24, 2.45) is 5.92 Å². The van der Waals surface area contributed by atoms with Crippen molar-refractivity contribution >= 4 is 183 Å². The first-order valence-electron chi connectivity index (χ1n) is 32.5. The van der Waals surface area contributed by atoms with Gasteiger partial charge in [0.05, 0.1) is 90.6 Å². The molecule has 0 radical (unpaired) electrons. The van der Waals surface area contributed by atoms with Crippen molar-refractivity contribution in [2.45, 2.75) is 134 Å². The van der Waals surface area contributed by atoms with Crippen molar-refractivity contribution < 1.29 is 18.9 Å². The Morgan fingerprint density at radius 3 is 0.979 bits per heavy atom. The number of H-pyrrole nitrogens is 2. The minimum Gasteiger partial charge on any atom is -0.490 e. The summed E-state index contributed by atoms with van der Waals surface area (Å²) in [5, 5.41) is 0.838. The number of para-hydroxylation sites is 3. The Morgan fingerprint density at radius 1 is 0.340 bits per heavy atom. The molecule has 3 saturated carbocycles. The largest absolute Gasteiger partial charge is 0.490 e. The molecular weight excluding hydrogens is 1480 g/mol. The number of halogens is 12. The third-order valence-electron chi connectivity index (χ3n) is 19.2. The van der Waals surface area contributed by atoms with Crippen molar-refractivity contribution in [3.63, 3.8) is 0 Å². The molecule has 24 heteroatoms. The molecule has 97 heavy (non-hydrogen) atoms. The quantitative estimate of drug-likeness (QED) is 0.107. The van der Waals surface area contributed by atoms with E-state index in [2.05, 4.69) is 42.0 Å². The molecule has 2 aliphatic heterocycles. The Balaban J connectivity index is 1.05. The standard InChI is InChI=1S/C73H58Cl12N8O4/c1-32(2)30-31-94-62-54(78)46-42(50(74)58(62)82)66-86-67-43-48(56(80)64(59(83)51(43)75)96-40-28-16-13-25-37(40)34-20-8-4-9-21-34)72(89-67)93-73-49-45(53(77)61(85)65(57(49)81)97-41-29-17-14-26-38(41)35-22-10-5-11-23-35)69(92-73)91-71-47-44(68(90-71)88-70(46)87-66)52(76)60(84)63(55(47)79)95-39-27-15-12-24-36(39)33-18-6-3-7-19-33/h12-17,24-29,32-35H,3-11,18-23,30-31H2,1-2H3,(H2,86,87,88,89,90,91,92,93). The van der Waals surface area contributed by atoms with E-state index >= 15 is 0 Å². The maximum atomic E-state index is 7.81. The van der Waals surface area contributed by atoms with Crippen LogP contribution in [-0.2, 0) is 0 Å². The van der Waals surface area contributed by atoms with Crippen LogP contribution in [0.25, 0.3) is 89.7 Å². The molecule has 3 fully saturated rings. The van der Waals surface area contributed by atoms with E-state index < -0.39 is 0 Å². The van der Waals surface area contributed by atoms with Crippen molar-refractivity contribution in [3.05, 3.63) is 150 Å². The van der Waals surface area contributed by atoms with E-state index in [0.29, 0.717) is 23.7 Å². The summed E-state index contributed by atoms with van der Waals surface area (Å²) in [7, 11) is 0. The lowest BCUT2D eigenvalue weighted by atomic mass is 9.84. The van der Waals surface area contributed by atoms with E-state index in [4.69, 9.17) is 188 Å². The topological polar surface area (TPSA) is 146 Å². The fraction of sp³-hybridized carbons (Fsp3) is 0.315. The first-order valence-corrected chi connectivity index (χ1v) is 37.1. The average Bonchev–Trinajstić information content (AvgIpc) is 1.59. The van der Waals surface area contributed by atoms with Crippen LogP contribution in [0, 0.1) is 5.92 Å². The van der Waals surface area contributed by atoms with E-state index in [1.165, 1.54) is 0 Å². The summed E-state index contributed by atoms with van der Waals surface area (Å²) in [5.74, 6) is 2.83. The number of rotatable bonds is 13. The molecule has 0 atom stereocenters. The molecule has 3 aromatic heterocycles. The molecular formula is C73H58Cl12N8O4. The van der Waals surface area contributed by atoms with Gasteiger partial charge >= 0.3 is 0 Å². The molecule has 12 nitrogen and oxygen atoms in total. The van der Waals surface area contributed by atoms with Crippen LogP contribution >= 0.6 is 139 Å². The smallest absolute Gasteiger partial charge is 0.166 e. The fourth-order valence-corrected chi connectivity index (χ4v) is 17.8. The highest BCUT2D eigenvalue weighted by Gasteiger charge is 2.37. The van der Waals surface area contributed by atoms with E-state index in [1.54, 1.807) is 0 Å². The second-order valence-electron chi connectivity index (χ2n) is 25.6. The van der Waals surface area contributed by atoms with Gasteiger partial charge in [0.25, 0.3) is 0 Å². The molecule has 0 unspecified atom stereocenters. The summed E-state index contributed by atoms with van der Waals surface area (Å²) < 4.78 is 27.0. The van der Waals surface area contributed by atoms with Crippen LogP contribution in [0.2, 0.25) is 60.3 Å². The van der Waals surface area contributed by atoms with Gasteiger partial charge in [0, 0.05) is 0 Å². The number of fused-ring (bicyclic) bond motifs is 20. The highest BCUT2D eigenvalue weighted by atomic mass is 35.5. The zero-order valence-electron chi connectivity index (χ0n) is 52.1. The SMILES string of the molecule is CC(C)CCOc1c(Cl)c(Cl)c2c(c1Cl)-c1nc-2nc2[nH]c(nc3nc(nc4[nH]c(n1)c1c(Cl)c(Cl)c(Oc5ccccc5C5CCCCC5)c(Cl)c41)-c1c(Cl)c(Cl)c(Oc4ccccc4C4CCCCC4)c(Cl)c1-3)c1c(Cl)c(Oc3ccccc3C3CCCCC3)c(Cl)c(Cl)c21. The lowest BCUT2D eigenvalue weighted by molar-refractivity contribution is 0.290. The van der Waals surface area contributed by atoms with Crippen LogP contribution in [-0.4, -0.2) is 46.5 Å². The number of hydrogen-bond acceptors (Lipinski definition) is 10. The highest BCUT2D eigenvalue weighted by Crippen LogP contribution is 2.59. The number of ether oxygens (including phenoxy) is 4. The Labute approximate surface area is 619 Å². The summed E-state index contributed by atoms with van der Waals surface area (Å²) in [6.45, 7) is 4.40. The van der Waals surface area contributed by atoms with Crippen LogP contribution in [0.4, 0.5) is 0 Å². The van der Waals surface area contributed by atoms with Crippen molar-refractivity contribution in [1.82, 2.24) is 39.9 Å². The van der Waals surface area contributed by atoms with Crippen LogP contribution in [0.3, 0.4) is 0 Å². The minimum absolute atomic E-state index is 0.00228. The molecule has 5 aliphatic rings. The number of benzene rings is 7. The Hall–Kier alpha value is -5.42. The van der Waals surface area contributed by atoms with E-state index in [-0.39, 0.29) is 203 Å². The zero-order valence-corrected chi connectivity index (χ0v) is 61.2. The van der Waals surface area contributed by atoms with Crippen LogP contribution in [0.5, 0.6) is 40.2 Å². The van der Waals surface area contributed by atoms with Gasteiger partial charge in [-0.2, -0.15) is 0 Å². The second-order valence-corrected chi connectivity index (χ2v) is 30.2. The molecule has 0 amide bonds. The minimum atomic E-state index is -0.0335. The van der Waals surface area contributed by atoms with Crippen molar-refractivity contribution in [2.75, 3.05) is 6.61 Å². The number of nitrogens with zero attached hydrogens (tertiary/aromatic N) is 6. The van der Waals surface area contributed by atoms with Gasteiger partial charge in [-0.25, -0.2) is 29.9 Å². The Bertz CT molecular complexity index is 5060. The lowest BCUT2D eigenvalue weighted by Crippen LogP contribution is -2.06. The van der Waals surface area contributed by atoms with E-state index in [1.807, 2.05) is 54.6 Å². The van der Waals surface area contributed by atoms with Gasteiger partial charge < -0.3 is 28.9 Å². The summed E-state index contributed by atoms with van der Waals surface area (Å²) >= 11 is 90.8. The van der Waals surface area contributed by atoms with Crippen LogP contribution in [0.15, 0.2) is 72.8 Å². The summed E-state index contributed by atoms with van der Waals surface area (Å²) in [5.41, 5.74) is 4.02. The normalized spacial score (nSPS) is 15.4. The Morgan fingerprint density at radius 2 is 0.629 bits per heavy atom. The zero-order chi connectivity index (χ0) is 67.2. The predicted molar refractivity (Wildman–Crippen MR) is 398 cm³/mol. The van der Waals surface area contributed by atoms with Gasteiger partial charge in [-0.3, -0.25) is 0 Å². The second kappa shape index (κ2) is 27.8. The van der Waals surface area contributed by atoms with Crippen molar-refractivity contribution in [3.8, 4) is 85.8 Å². The van der Waals surface area contributed by atoms with Crippen molar-refractivity contribution in [1.29, 1.82) is 0 Å². The molecule has 10 aromatic rings. The van der Waals surface area contributed by atoms with Gasteiger partial charge in [0.2, 0.25) is 0 Å². The Kier molecular flexibility index (Phi) is 19.3.